The number of pyridine rings is 1. The molecule has 3 amide bonds. The predicted molar refractivity (Wildman–Crippen MR) is 145 cm³/mol. The molecule has 3 heterocycles. The van der Waals surface area contributed by atoms with E-state index in [0.29, 0.717) is 17.7 Å². The van der Waals surface area contributed by atoms with Gasteiger partial charge >= 0.3 is 0 Å². The van der Waals surface area contributed by atoms with Gasteiger partial charge in [-0.15, -0.1) is 0 Å². The van der Waals surface area contributed by atoms with Crippen molar-refractivity contribution in [1.82, 2.24) is 15.2 Å². The van der Waals surface area contributed by atoms with Crippen LogP contribution in [-0.4, -0.2) is 54.5 Å². The number of anilines is 1. The molecule has 0 saturated carbocycles. The van der Waals surface area contributed by atoms with E-state index >= 15 is 0 Å². The third-order valence-corrected chi connectivity index (χ3v) is 9.11. The van der Waals surface area contributed by atoms with E-state index in [0.717, 1.165) is 22.2 Å². The Labute approximate surface area is 224 Å². The summed E-state index contributed by atoms with van der Waals surface area (Å²) in [5.74, 6) is -0.944. The fraction of sp³-hybridized carbons (Fsp3) is 0.185. The highest BCUT2D eigenvalue weighted by Gasteiger charge is 2.36. The van der Waals surface area contributed by atoms with E-state index in [1.165, 1.54) is 28.6 Å². The maximum absolute atomic E-state index is 13.5. The number of thioether (sulfide) groups is 1. The number of carbonyl (C=O) groups is 3. The van der Waals surface area contributed by atoms with Gasteiger partial charge in [0.05, 0.1) is 15.5 Å². The topological polar surface area (TPSA) is 117 Å². The fourth-order valence-electron chi connectivity index (χ4n) is 4.50. The molecule has 1 unspecified atom stereocenters. The van der Waals surface area contributed by atoms with E-state index in [-0.39, 0.29) is 34.5 Å². The maximum atomic E-state index is 13.5. The molecule has 1 fully saturated rings. The van der Waals surface area contributed by atoms with Gasteiger partial charge in [-0.1, -0.05) is 30.3 Å². The van der Waals surface area contributed by atoms with Crippen LogP contribution in [0.3, 0.4) is 0 Å². The van der Waals surface area contributed by atoms with E-state index in [1.54, 1.807) is 42.7 Å². The Bertz CT molecular complexity index is 1560. The SMILES string of the molecule is CC1Cc2ccccc2N1S(=O)(=O)c1cccc(C(=O)NCCN2C(=O)S/C(=C\c3cccnc3)C2=O)c1. The lowest BCUT2D eigenvalue weighted by molar-refractivity contribution is -0.122. The third-order valence-electron chi connectivity index (χ3n) is 6.27. The van der Waals surface area contributed by atoms with Crippen LogP contribution in [0.1, 0.15) is 28.4 Å². The number of fused-ring (bicyclic) bond motifs is 1. The summed E-state index contributed by atoms with van der Waals surface area (Å²) >= 11 is 0.831. The number of carbonyl (C=O) groups excluding carboxylic acids is 3. The summed E-state index contributed by atoms with van der Waals surface area (Å²) in [4.78, 5) is 43.2. The number of hydrogen-bond donors (Lipinski definition) is 1. The van der Waals surface area contributed by atoms with Crippen molar-refractivity contribution < 1.29 is 22.8 Å². The molecule has 0 bridgehead atoms. The summed E-state index contributed by atoms with van der Waals surface area (Å²) in [6.45, 7) is 1.86. The second kappa shape index (κ2) is 10.4. The Balaban J connectivity index is 1.25. The Kier molecular flexibility index (Phi) is 7.04. The lowest BCUT2D eigenvalue weighted by atomic mass is 10.1. The number of nitrogens with zero attached hydrogens (tertiary/aromatic N) is 3. The molecule has 0 radical (unpaired) electrons. The Hall–Kier alpha value is -3.96. The van der Waals surface area contributed by atoms with Crippen LogP contribution < -0.4 is 9.62 Å². The van der Waals surface area contributed by atoms with Gasteiger partial charge in [0.15, 0.2) is 0 Å². The van der Waals surface area contributed by atoms with Crippen LogP contribution in [0.5, 0.6) is 0 Å². The molecule has 1 saturated heterocycles. The summed E-state index contributed by atoms with van der Waals surface area (Å²) in [5, 5.41) is 2.25. The Morgan fingerprint density at radius 2 is 1.95 bits per heavy atom. The first-order valence-corrected chi connectivity index (χ1v) is 14.2. The van der Waals surface area contributed by atoms with Crippen molar-refractivity contribution >= 4 is 50.6 Å². The van der Waals surface area contributed by atoms with Gasteiger partial charge in [-0.05, 0) is 72.6 Å². The minimum Gasteiger partial charge on any atom is -0.350 e. The molecule has 1 N–H and O–H groups in total. The summed E-state index contributed by atoms with van der Waals surface area (Å²) in [6.07, 6.45) is 5.41. The molecular formula is C27H24N4O5S2. The highest BCUT2D eigenvalue weighted by Crippen LogP contribution is 2.36. The second-order valence-corrected chi connectivity index (χ2v) is 11.7. The number of sulfonamides is 1. The summed E-state index contributed by atoms with van der Waals surface area (Å²) in [5.41, 5.74) is 2.47. The summed E-state index contributed by atoms with van der Waals surface area (Å²) in [6, 6.07) is 16.5. The zero-order chi connectivity index (χ0) is 26.9. The first-order chi connectivity index (χ1) is 18.3. The quantitative estimate of drug-likeness (QED) is 0.448. The van der Waals surface area contributed by atoms with Crippen molar-refractivity contribution in [3.05, 3.63) is 94.7 Å². The summed E-state index contributed by atoms with van der Waals surface area (Å²) < 4.78 is 28.4. The molecule has 1 atom stereocenters. The highest BCUT2D eigenvalue weighted by molar-refractivity contribution is 8.18. The zero-order valence-electron chi connectivity index (χ0n) is 20.4. The van der Waals surface area contributed by atoms with Crippen molar-refractivity contribution in [2.75, 3.05) is 17.4 Å². The zero-order valence-corrected chi connectivity index (χ0v) is 22.0. The monoisotopic (exact) mass is 548 g/mol. The standard InChI is InChI=1S/C27H24N4O5S2/c1-18-14-20-7-2-3-10-23(20)31(18)38(35,36)22-9-4-8-21(16-22)25(32)29-12-13-30-26(33)24(37-27(30)34)15-19-6-5-11-28-17-19/h2-11,15-18H,12-14H2,1H3,(H,29,32)/b24-15-. The van der Waals surface area contributed by atoms with Crippen LogP contribution in [0.2, 0.25) is 0 Å². The molecule has 0 spiro atoms. The van der Waals surface area contributed by atoms with Crippen molar-refractivity contribution in [2.24, 2.45) is 0 Å². The second-order valence-electron chi connectivity index (χ2n) is 8.89. The number of aromatic nitrogens is 1. The maximum Gasteiger partial charge on any atom is 0.293 e. The molecule has 5 rings (SSSR count). The average molecular weight is 549 g/mol. The van der Waals surface area contributed by atoms with Crippen molar-refractivity contribution in [3.8, 4) is 0 Å². The number of para-hydroxylation sites is 1. The average Bonchev–Trinajstić information content (AvgIpc) is 3.39. The highest BCUT2D eigenvalue weighted by atomic mass is 32.2. The van der Waals surface area contributed by atoms with Gasteiger partial charge in [-0.3, -0.25) is 28.6 Å². The van der Waals surface area contributed by atoms with E-state index in [9.17, 15) is 22.8 Å². The van der Waals surface area contributed by atoms with Gasteiger partial charge < -0.3 is 5.32 Å². The Morgan fingerprint density at radius 3 is 2.74 bits per heavy atom. The molecular weight excluding hydrogens is 524 g/mol. The van der Waals surface area contributed by atoms with Gasteiger partial charge in [0.25, 0.3) is 27.1 Å². The van der Waals surface area contributed by atoms with Crippen LogP contribution in [0, 0.1) is 0 Å². The van der Waals surface area contributed by atoms with Gasteiger partial charge in [0.2, 0.25) is 0 Å². The molecule has 38 heavy (non-hydrogen) atoms. The van der Waals surface area contributed by atoms with E-state index in [2.05, 4.69) is 10.3 Å². The number of amides is 3. The van der Waals surface area contributed by atoms with Crippen molar-refractivity contribution in [3.63, 3.8) is 0 Å². The molecule has 194 valence electrons. The summed E-state index contributed by atoms with van der Waals surface area (Å²) in [7, 11) is -3.90. The number of hydrogen-bond acceptors (Lipinski definition) is 7. The smallest absolute Gasteiger partial charge is 0.293 e. The molecule has 2 aliphatic rings. The lowest BCUT2D eigenvalue weighted by Gasteiger charge is -2.24. The van der Waals surface area contributed by atoms with Crippen LogP contribution in [-0.2, 0) is 21.2 Å². The molecule has 2 aliphatic heterocycles. The van der Waals surface area contributed by atoms with Gasteiger partial charge in [-0.25, -0.2) is 8.42 Å². The van der Waals surface area contributed by atoms with Crippen molar-refractivity contribution in [2.45, 2.75) is 24.3 Å². The van der Waals surface area contributed by atoms with E-state index in [4.69, 9.17) is 0 Å². The third kappa shape index (κ3) is 4.94. The molecule has 2 aromatic carbocycles. The minimum atomic E-state index is -3.90. The first-order valence-electron chi connectivity index (χ1n) is 11.9. The number of rotatable bonds is 7. The van der Waals surface area contributed by atoms with Crippen LogP contribution >= 0.6 is 11.8 Å². The van der Waals surface area contributed by atoms with E-state index < -0.39 is 27.1 Å². The van der Waals surface area contributed by atoms with Crippen LogP contribution in [0.4, 0.5) is 10.5 Å². The number of benzene rings is 2. The largest absolute Gasteiger partial charge is 0.350 e. The van der Waals surface area contributed by atoms with Gasteiger partial charge in [0, 0.05) is 37.1 Å². The van der Waals surface area contributed by atoms with Gasteiger partial charge in [-0.2, -0.15) is 0 Å². The molecule has 11 heteroatoms. The normalized spacial score (nSPS) is 18.2. The molecule has 1 aromatic heterocycles. The fourth-order valence-corrected chi connectivity index (χ4v) is 7.11. The molecule has 0 aliphatic carbocycles. The number of nitrogens with one attached hydrogen (secondary N) is 1. The van der Waals surface area contributed by atoms with Crippen LogP contribution in [0.25, 0.3) is 6.08 Å². The number of imide groups is 1. The predicted octanol–water partition coefficient (Wildman–Crippen LogP) is 3.69. The van der Waals surface area contributed by atoms with Crippen LogP contribution in [0.15, 0.2) is 82.9 Å². The van der Waals surface area contributed by atoms with Gasteiger partial charge in [0.1, 0.15) is 0 Å². The molecule has 9 nitrogen and oxygen atoms in total. The minimum absolute atomic E-state index is 0.0130. The Morgan fingerprint density at radius 1 is 1.13 bits per heavy atom. The first kappa shape index (κ1) is 25.7. The molecule has 3 aromatic rings. The van der Waals surface area contributed by atoms with E-state index in [1.807, 2.05) is 19.1 Å². The lowest BCUT2D eigenvalue weighted by Crippen LogP contribution is -2.37. The van der Waals surface area contributed by atoms with Crippen molar-refractivity contribution in [1.29, 1.82) is 0 Å².